The number of carbonyl (C=O) groups excluding carboxylic acids is 1. The van der Waals surface area contributed by atoms with Crippen LogP contribution in [0.3, 0.4) is 0 Å². The maximum Gasteiger partial charge on any atom is 0.221 e. The highest BCUT2D eigenvalue weighted by molar-refractivity contribution is 5.76. The third-order valence-corrected chi connectivity index (χ3v) is 4.10. The van der Waals surface area contributed by atoms with Crippen LogP contribution in [0.15, 0.2) is 0 Å². The lowest BCUT2D eigenvalue weighted by Crippen LogP contribution is -2.51. The van der Waals surface area contributed by atoms with Crippen LogP contribution < -0.4 is 10.6 Å². The van der Waals surface area contributed by atoms with Crippen molar-refractivity contribution in [2.75, 3.05) is 26.2 Å². The zero-order chi connectivity index (χ0) is 13.5. The van der Waals surface area contributed by atoms with Gasteiger partial charge in [0.05, 0.1) is 6.07 Å². The van der Waals surface area contributed by atoms with Crippen molar-refractivity contribution in [2.24, 2.45) is 0 Å². The van der Waals surface area contributed by atoms with Gasteiger partial charge in [0.15, 0.2) is 0 Å². The molecule has 2 fully saturated rings. The lowest BCUT2D eigenvalue weighted by Gasteiger charge is -2.31. The van der Waals surface area contributed by atoms with Crippen LogP contribution in [-0.2, 0) is 4.79 Å². The summed E-state index contributed by atoms with van der Waals surface area (Å²) in [6.07, 6.45) is 6.53. The van der Waals surface area contributed by atoms with Gasteiger partial charge in [-0.3, -0.25) is 9.69 Å². The Morgan fingerprint density at radius 2 is 2.16 bits per heavy atom. The fraction of sp³-hybridized carbons (Fsp3) is 0.857. The minimum atomic E-state index is -0.0868. The summed E-state index contributed by atoms with van der Waals surface area (Å²) >= 11 is 0. The molecule has 2 rings (SSSR count). The second kappa shape index (κ2) is 7.46. The van der Waals surface area contributed by atoms with Crippen LogP contribution in [0.25, 0.3) is 0 Å². The molecule has 1 saturated carbocycles. The van der Waals surface area contributed by atoms with Crippen LogP contribution in [0, 0.1) is 11.3 Å². The highest BCUT2D eigenvalue weighted by atomic mass is 16.1. The first-order valence-corrected chi connectivity index (χ1v) is 7.43. The van der Waals surface area contributed by atoms with Crippen molar-refractivity contribution in [1.29, 1.82) is 5.26 Å². The van der Waals surface area contributed by atoms with Crippen molar-refractivity contribution < 1.29 is 4.79 Å². The molecule has 1 aliphatic heterocycles. The molecule has 1 amide bonds. The maximum absolute atomic E-state index is 11.9. The summed E-state index contributed by atoms with van der Waals surface area (Å²) in [6, 6.07) is 2.59. The third kappa shape index (κ3) is 4.48. The summed E-state index contributed by atoms with van der Waals surface area (Å²) in [4.78, 5) is 14.0. The molecular weight excluding hydrogens is 240 g/mol. The molecule has 1 saturated heterocycles. The Morgan fingerprint density at radius 1 is 1.37 bits per heavy atom. The second-order valence-corrected chi connectivity index (χ2v) is 5.54. The van der Waals surface area contributed by atoms with Crippen molar-refractivity contribution in [2.45, 2.75) is 50.6 Å². The highest BCUT2D eigenvalue weighted by Crippen LogP contribution is 2.17. The first kappa shape index (κ1) is 14.3. The molecule has 0 aromatic heterocycles. The maximum atomic E-state index is 11.9. The molecule has 106 valence electrons. The van der Waals surface area contributed by atoms with Gasteiger partial charge in [-0.25, -0.2) is 0 Å². The van der Waals surface area contributed by atoms with E-state index in [2.05, 4.69) is 21.6 Å². The molecule has 5 nitrogen and oxygen atoms in total. The number of piperazine rings is 1. The lowest BCUT2D eigenvalue weighted by atomic mass is 9.95. The summed E-state index contributed by atoms with van der Waals surface area (Å²) in [5, 5.41) is 15.4. The van der Waals surface area contributed by atoms with Crippen molar-refractivity contribution in [3.8, 4) is 6.07 Å². The number of rotatable bonds is 4. The van der Waals surface area contributed by atoms with Gasteiger partial charge in [0.1, 0.15) is 6.04 Å². The molecule has 0 bridgehead atoms. The van der Waals surface area contributed by atoms with Gasteiger partial charge in [0.25, 0.3) is 0 Å². The normalized spacial score (nSPS) is 25.7. The molecule has 1 aliphatic carbocycles. The molecule has 2 aliphatic rings. The molecule has 0 aromatic rings. The van der Waals surface area contributed by atoms with Gasteiger partial charge >= 0.3 is 0 Å². The molecule has 19 heavy (non-hydrogen) atoms. The Balaban J connectivity index is 1.68. The summed E-state index contributed by atoms with van der Waals surface area (Å²) in [5.74, 6) is 0.141. The van der Waals surface area contributed by atoms with Crippen molar-refractivity contribution in [3.05, 3.63) is 0 Å². The van der Waals surface area contributed by atoms with Crippen molar-refractivity contribution in [3.63, 3.8) is 0 Å². The van der Waals surface area contributed by atoms with E-state index in [9.17, 15) is 4.79 Å². The average Bonchev–Trinajstić information content (AvgIpc) is 2.46. The summed E-state index contributed by atoms with van der Waals surface area (Å²) in [5.41, 5.74) is 0. The van der Waals surface area contributed by atoms with E-state index in [1.165, 1.54) is 19.3 Å². The lowest BCUT2D eigenvalue weighted by molar-refractivity contribution is -0.122. The fourth-order valence-electron chi connectivity index (χ4n) is 2.93. The Bertz CT molecular complexity index is 333. The predicted molar refractivity (Wildman–Crippen MR) is 73.5 cm³/mol. The molecule has 1 heterocycles. The zero-order valence-corrected chi connectivity index (χ0v) is 11.5. The number of carbonyl (C=O) groups is 1. The average molecular weight is 264 g/mol. The number of nitrogens with zero attached hydrogens (tertiary/aromatic N) is 2. The van der Waals surface area contributed by atoms with Gasteiger partial charge in [-0.2, -0.15) is 5.26 Å². The van der Waals surface area contributed by atoms with Gasteiger partial charge in [0, 0.05) is 38.6 Å². The third-order valence-electron chi connectivity index (χ3n) is 4.10. The quantitative estimate of drug-likeness (QED) is 0.781. The first-order valence-electron chi connectivity index (χ1n) is 7.43. The van der Waals surface area contributed by atoms with Gasteiger partial charge in [-0.1, -0.05) is 19.3 Å². The highest BCUT2D eigenvalue weighted by Gasteiger charge is 2.22. The number of nitriles is 1. The van der Waals surface area contributed by atoms with Crippen LogP contribution in [-0.4, -0.2) is 49.1 Å². The van der Waals surface area contributed by atoms with E-state index in [1.807, 2.05) is 0 Å². The largest absolute Gasteiger partial charge is 0.353 e. The SMILES string of the molecule is N#CC1CNCCN1CCC(=O)NC1CCCCC1. The summed E-state index contributed by atoms with van der Waals surface area (Å²) < 4.78 is 0. The van der Waals surface area contributed by atoms with E-state index in [1.54, 1.807) is 0 Å². The minimum Gasteiger partial charge on any atom is -0.353 e. The topological polar surface area (TPSA) is 68.2 Å². The summed E-state index contributed by atoms with van der Waals surface area (Å²) in [7, 11) is 0. The van der Waals surface area contributed by atoms with E-state index in [0.29, 0.717) is 25.6 Å². The summed E-state index contributed by atoms with van der Waals surface area (Å²) in [6.45, 7) is 3.16. The number of nitrogens with one attached hydrogen (secondary N) is 2. The Labute approximate surface area is 115 Å². The van der Waals surface area contributed by atoms with Crippen molar-refractivity contribution in [1.82, 2.24) is 15.5 Å². The molecular formula is C14H24N4O. The molecule has 0 aromatic carbocycles. The van der Waals surface area contributed by atoms with Gasteiger partial charge in [0.2, 0.25) is 5.91 Å². The van der Waals surface area contributed by atoms with Crippen LogP contribution in [0.1, 0.15) is 38.5 Å². The number of hydrogen-bond donors (Lipinski definition) is 2. The van der Waals surface area contributed by atoms with Crippen LogP contribution in [0.4, 0.5) is 0 Å². The van der Waals surface area contributed by atoms with E-state index in [-0.39, 0.29) is 11.9 Å². The zero-order valence-electron chi connectivity index (χ0n) is 11.5. The smallest absolute Gasteiger partial charge is 0.221 e. The van der Waals surface area contributed by atoms with Crippen LogP contribution >= 0.6 is 0 Å². The van der Waals surface area contributed by atoms with E-state index in [0.717, 1.165) is 25.9 Å². The minimum absolute atomic E-state index is 0.0868. The van der Waals surface area contributed by atoms with Gasteiger partial charge in [-0.15, -0.1) is 0 Å². The monoisotopic (exact) mass is 264 g/mol. The number of hydrogen-bond acceptors (Lipinski definition) is 4. The Kier molecular flexibility index (Phi) is 5.62. The van der Waals surface area contributed by atoms with Gasteiger partial charge in [-0.05, 0) is 12.8 Å². The molecule has 0 spiro atoms. The predicted octanol–water partition coefficient (Wildman–Crippen LogP) is 0.623. The first-order chi connectivity index (χ1) is 9.29. The molecule has 1 atom stereocenters. The van der Waals surface area contributed by atoms with E-state index >= 15 is 0 Å². The fourth-order valence-corrected chi connectivity index (χ4v) is 2.93. The van der Waals surface area contributed by atoms with Crippen LogP contribution in [0.5, 0.6) is 0 Å². The number of amides is 1. The molecule has 0 radical (unpaired) electrons. The van der Waals surface area contributed by atoms with E-state index < -0.39 is 0 Å². The van der Waals surface area contributed by atoms with E-state index in [4.69, 9.17) is 5.26 Å². The molecule has 1 unspecified atom stereocenters. The second-order valence-electron chi connectivity index (χ2n) is 5.54. The Morgan fingerprint density at radius 3 is 2.89 bits per heavy atom. The van der Waals surface area contributed by atoms with Crippen LogP contribution in [0.2, 0.25) is 0 Å². The molecule has 5 heteroatoms. The van der Waals surface area contributed by atoms with Gasteiger partial charge < -0.3 is 10.6 Å². The standard InChI is InChI=1S/C14H24N4O/c15-10-13-11-16-7-9-18(13)8-6-14(19)17-12-4-2-1-3-5-12/h12-13,16H,1-9,11H2,(H,17,19). The van der Waals surface area contributed by atoms with Crippen molar-refractivity contribution >= 4 is 5.91 Å². The molecule has 2 N–H and O–H groups in total. The Hall–Kier alpha value is -1.12.